The molecule has 1 N–H and O–H groups in total. The lowest BCUT2D eigenvalue weighted by molar-refractivity contribution is -0.120. The third-order valence-corrected chi connectivity index (χ3v) is 4.43. The van der Waals surface area contributed by atoms with Crippen molar-refractivity contribution in [3.05, 3.63) is 64.7 Å². The highest BCUT2D eigenvalue weighted by atomic mass is 35.5. The number of benzene rings is 2. The Morgan fingerprint density at radius 1 is 0.957 bits per heavy atom. The number of carbonyl (C=O) groups excluding carboxylic acids is 1. The highest BCUT2D eigenvalue weighted by Crippen LogP contribution is 2.20. The number of rotatable bonds is 5. The number of hydrogen-bond donors (Lipinski definition) is 1. The fraction of sp³-hybridized carbons (Fsp3) is 0.316. The van der Waals surface area contributed by atoms with Crippen molar-refractivity contribution in [1.82, 2.24) is 5.32 Å². The predicted molar refractivity (Wildman–Crippen MR) is 94.9 cm³/mol. The zero-order valence-electron chi connectivity index (χ0n) is 13.1. The van der Waals surface area contributed by atoms with E-state index in [9.17, 15) is 4.79 Å². The Morgan fingerprint density at radius 3 is 2.22 bits per heavy atom. The molecule has 4 heteroatoms. The van der Waals surface area contributed by atoms with Crippen molar-refractivity contribution in [2.75, 3.05) is 18.0 Å². The summed E-state index contributed by atoms with van der Waals surface area (Å²) in [7, 11) is 0. The molecule has 1 heterocycles. The Kier molecular flexibility index (Phi) is 5.19. The first-order chi connectivity index (χ1) is 11.2. The summed E-state index contributed by atoms with van der Waals surface area (Å²) in [5, 5.41) is 3.65. The average Bonchev–Trinajstić information content (AvgIpc) is 3.09. The number of halogens is 1. The van der Waals surface area contributed by atoms with Gasteiger partial charge in [-0.25, -0.2) is 0 Å². The van der Waals surface area contributed by atoms with E-state index in [-0.39, 0.29) is 5.91 Å². The maximum atomic E-state index is 12.0. The van der Waals surface area contributed by atoms with E-state index in [1.807, 2.05) is 24.3 Å². The highest BCUT2D eigenvalue weighted by Gasteiger charge is 2.12. The lowest BCUT2D eigenvalue weighted by atomic mass is 10.1. The van der Waals surface area contributed by atoms with Gasteiger partial charge in [-0.05, 0) is 48.2 Å². The molecule has 0 radical (unpaired) electrons. The Balaban J connectivity index is 1.50. The highest BCUT2D eigenvalue weighted by molar-refractivity contribution is 6.30. The molecule has 1 aliphatic heterocycles. The molecular formula is C19H21ClN2O. The zero-order chi connectivity index (χ0) is 16.1. The smallest absolute Gasteiger partial charge is 0.224 e. The summed E-state index contributed by atoms with van der Waals surface area (Å²) in [6.45, 7) is 2.81. The van der Waals surface area contributed by atoms with Crippen LogP contribution in [0.1, 0.15) is 24.0 Å². The van der Waals surface area contributed by atoms with Crippen molar-refractivity contribution in [2.24, 2.45) is 0 Å². The second-order valence-electron chi connectivity index (χ2n) is 5.94. The number of nitrogens with one attached hydrogen (secondary N) is 1. The van der Waals surface area contributed by atoms with E-state index < -0.39 is 0 Å². The van der Waals surface area contributed by atoms with Crippen LogP contribution >= 0.6 is 11.6 Å². The predicted octanol–water partition coefficient (Wildman–Crippen LogP) is 3.80. The largest absolute Gasteiger partial charge is 0.372 e. The first-order valence-corrected chi connectivity index (χ1v) is 8.43. The maximum absolute atomic E-state index is 12.0. The monoisotopic (exact) mass is 328 g/mol. The van der Waals surface area contributed by atoms with Crippen LogP contribution in [0.2, 0.25) is 5.02 Å². The van der Waals surface area contributed by atoms with Gasteiger partial charge >= 0.3 is 0 Å². The van der Waals surface area contributed by atoms with Crippen molar-refractivity contribution >= 4 is 23.2 Å². The topological polar surface area (TPSA) is 32.3 Å². The van der Waals surface area contributed by atoms with Gasteiger partial charge in [0.05, 0.1) is 6.42 Å². The molecule has 2 aromatic rings. The van der Waals surface area contributed by atoms with Crippen LogP contribution in [-0.2, 0) is 17.8 Å². The van der Waals surface area contributed by atoms with Crippen LogP contribution in [0.5, 0.6) is 0 Å². The summed E-state index contributed by atoms with van der Waals surface area (Å²) in [6, 6.07) is 15.9. The molecule has 1 aliphatic rings. The number of carbonyl (C=O) groups is 1. The summed E-state index contributed by atoms with van der Waals surface area (Å²) in [5.41, 5.74) is 3.35. The van der Waals surface area contributed by atoms with E-state index in [0.29, 0.717) is 18.0 Å². The van der Waals surface area contributed by atoms with Crippen molar-refractivity contribution in [3.63, 3.8) is 0 Å². The van der Waals surface area contributed by atoms with Gasteiger partial charge in [0.1, 0.15) is 0 Å². The van der Waals surface area contributed by atoms with Gasteiger partial charge in [0, 0.05) is 30.3 Å². The third kappa shape index (κ3) is 4.49. The molecule has 0 spiro atoms. The molecule has 2 aromatic carbocycles. The van der Waals surface area contributed by atoms with Gasteiger partial charge in [-0.3, -0.25) is 4.79 Å². The Labute approximate surface area is 142 Å². The summed E-state index contributed by atoms with van der Waals surface area (Å²) in [5.74, 6) is 0.0360. The zero-order valence-corrected chi connectivity index (χ0v) is 13.9. The molecule has 1 saturated heterocycles. The van der Waals surface area contributed by atoms with Crippen LogP contribution in [0.15, 0.2) is 48.5 Å². The Morgan fingerprint density at radius 2 is 1.57 bits per heavy atom. The van der Waals surface area contributed by atoms with Crippen molar-refractivity contribution in [3.8, 4) is 0 Å². The first-order valence-electron chi connectivity index (χ1n) is 8.06. The van der Waals surface area contributed by atoms with Gasteiger partial charge in [0.15, 0.2) is 0 Å². The van der Waals surface area contributed by atoms with Gasteiger partial charge in [-0.1, -0.05) is 35.9 Å². The number of hydrogen-bond acceptors (Lipinski definition) is 2. The van der Waals surface area contributed by atoms with Gasteiger partial charge in [-0.15, -0.1) is 0 Å². The molecule has 0 unspecified atom stereocenters. The second-order valence-corrected chi connectivity index (χ2v) is 6.38. The van der Waals surface area contributed by atoms with Gasteiger partial charge < -0.3 is 10.2 Å². The van der Waals surface area contributed by atoms with Gasteiger partial charge in [0.2, 0.25) is 5.91 Å². The molecule has 0 bridgehead atoms. The molecule has 0 aromatic heterocycles. The van der Waals surface area contributed by atoms with Crippen LogP contribution < -0.4 is 10.2 Å². The lowest BCUT2D eigenvalue weighted by Gasteiger charge is -2.17. The number of nitrogens with zero attached hydrogens (tertiary/aromatic N) is 1. The van der Waals surface area contributed by atoms with E-state index in [2.05, 4.69) is 34.5 Å². The molecule has 0 saturated carbocycles. The molecule has 1 fully saturated rings. The molecule has 1 amide bonds. The van der Waals surface area contributed by atoms with Crippen LogP contribution in [0.25, 0.3) is 0 Å². The maximum Gasteiger partial charge on any atom is 0.224 e. The molecule has 0 atom stereocenters. The minimum atomic E-state index is 0.0360. The molecule has 120 valence electrons. The standard InChI is InChI=1S/C19H21ClN2O/c20-17-7-3-16(4-8-17)14-21-19(23)13-15-5-9-18(10-6-15)22-11-1-2-12-22/h3-10H,1-2,11-14H2,(H,21,23). The number of anilines is 1. The van der Waals surface area contributed by atoms with E-state index in [4.69, 9.17) is 11.6 Å². The molecule has 3 nitrogen and oxygen atoms in total. The lowest BCUT2D eigenvalue weighted by Crippen LogP contribution is -2.24. The summed E-state index contributed by atoms with van der Waals surface area (Å²) >= 11 is 5.85. The van der Waals surface area contributed by atoms with E-state index in [0.717, 1.165) is 24.2 Å². The van der Waals surface area contributed by atoms with Gasteiger partial charge in [0.25, 0.3) is 0 Å². The summed E-state index contributed by atoms with van der Waals surface area (Å²) < 4.78 is 0. The second kappa shape index (κ2) is 7.51. The first kappa shape index (κ1) is 15.9. The molecule has 23 heavy (non-hydrogen) atoms. The van der Waals surface area contributed by atoms with Crippen LogP contribution in [0, 0.1) is 0 Å². The number of amides is 1. The van der Waals surface area contributed by atoms with Crippen molar-refractivity contribution in [1.29, 1.82) is 0 Å². The van der Waals surface area contributed by atoms with E-state index >= 15 is 0 Å². The van der Waals surface area contributed by atoms with Crippen LogP contribution in [0.3, 0.4) is 0 Å². The quantitative estimate of drug-likeness (QED) is 0.905. The van der Waals surface area contributed by atoms with E-state index in [1.165, 1.54) is 18.5 Å². The molecule has 0 aliphatic carbocycles. The van der Waals surface area contributed by atoms with Crippen LogP contribution in [0.4, 0.5) is 5.69 Å². The fourth-order valence-electron chi connectivity index (χ4n) is 2.85. The Hall–Kier alpha value is -2.00. The van der Waals surface area contributed by atoms with Crippen molar-refractivity contribution in [2.45, 2.75) is 25.8 Å². The molecular weight excluding hydrogens is 308 g/mol. The van der Waals surface area contributed by atoms with Gasteiger partial charge in [-0.2, -0.15) is 0 Å². The molecule has 3 rings (SSSR count). The van der Waals surface area contributed by atoms with Crippen molar-refractivity contribution < 1.29 is 4.79 Å². The fourth-order valence-corrected chi connectivity index (χ4v) is 2.98. The summed E-state index contributed by atoms with van der Waals surface area (Å²) in [4.78, 5) is 14.4. The van der Waals surface area contributed by atoms with E-state index in [1.54, 1.807) is 0 Å². The Bertz CT molecular complexity index is 646. The average molecular weight is 329 g/mol. The third-order valence-electron chi connectivity index (χ3n) is 4.18. The minimum absolute atomic E-state index is 0.0360. The SMILES string of the molecule is O=C(Cc1ccc(N2CCCC2)cc1)NCc1ccc(Cl)cc1. The normalized spacial score (nSPS) is 14.0. The minimum Gasteiger partial charge on any atom is -0.372 e. The van der Waals surface area contributed by atoms with Crippen LogP contribution in [-0.4, -0.2) is 19.0 Å². The summed E-state index contributed by atoms with van der Waals surface area (Å²) in [6.07, 6.45) is 2.96.